The van der Waals surface area contributed by atoms with E-state index in [1.165, 1.54) is 22.5 Å². The Labute approximate surface area is 159 Å². The number of nitrogens with zero attached hydrogens (tertiary/aromatic N) is 2. The number of rotatable bonds is 5. The fourth-order valence-corrected chi connectivity index (χ4v) is 5.33. The first kappa shape index (κ1) is 19.8. The first-order chi connectivity index (χ1) is 12.7. The number of piperazine rings is 1. The van der Waals surface area contributed by atoms with E-state index >= 15 is 0 Å². The maximum atomic E-state index is 13.4. The van der Waals surface area contributed by atoms with Crippen LogP contribution in [-0.2, 0) is 19.9 Å². The molecule has 0 unspecified atom stereocenters. The molecular formula is C18H21FN2O4S2. The lowest BCUT2D eigenvalue weighted by Crippen LogP contribution is -2.48. The lowest BCUT2D eigenvalue weighted by Gasteiger charge is -2.35. The van der Waals surface area contributed by atoms with Crippen LogP contribution in [0.2, 0.25) is 0 Å². The molecule has 0 spiro atoms. The zero-order chi connectivity index (χ0) is 19.7. The van der Waals surface area contributed by atoms with E-state index in [1.54, 1.807) is 31.2 Å². The Morgan fingerprint density at radius 3 is 2.07 bits per heavy atom. The molecule has 0 amide bonds. The molecule has 9 heteroatoms. The zero-order valence-corrected chi connectivity index (χ0v) is 16.5. The van der Waals surface area contributed by atoms with Gasteiger partial charge in [0.25, 0.3) is 0 Å². The van der Waals surface area contributed by atoms with Crippen molar-refractivity contribution in [3.05, 3.63) is 54.3 Å². The highest BCUT2D eigenvalue weighted by molar-refractivity contribution is 7.91. The van der Waals surface area contributed by atoms with Gasteiger partial charge in [-0.2, -0.15) is 4.31 Å². The largest absolute Gasteiger partial charge is 0.369 e. The second kappa shape index (κ2) is 7.57. The fraction of sp³-hybridized carbons (Fsp3) is 0.333. The van der Waals surface area contributed by atoms with Crippen LogP contribution in [0.25, 0.3) is 0 Å². The Morgan fingerprint density at radius 2 is 1.52 bits per heavy atom. The van der Waals surface area contributed by atoms with Crippen molar-refractivity contribution in [2.45, 2.75) is 16.7 Å². The Balaban J connectivity index is 1.70. The molecule has 146 valence electrons. The molecule has 1 saturated heterocycles. The van der Waals surface area contributed by atoms with Crippen LogP contribution in [0.3, 0.4) is 0 Å². The average molecular weight is 413 g/mol. The highest BCUT2D eigenvalue weighted by Crippen LogP contribution is 2.23. The molecule has 1 aliphatic heterocycles. The van der Waals surface area contributed by atoms with Crippen molar-refractivity contribution < 1.29 is 21.2 Å². The summed E-state index contributed by atoms with van der Waals surface area (Å²) in [5.74, 6) is -0.542. The van der Waals surface area contributed by atoms with Crippen molar-refractivity contribution >= 4 is 25.5 Å². The third kappa shape index (κ3) is 4.15. The van der Waals surface area contributed by atoms with E-state index in [9.17, 15) is 21.2 Å². The van der Waals surface area contributed by atoms with Gasteiger partial charge in [0.15, 0.2) is 9.84 Å². The lowest BCUT2D eigenvalue weighted by atomic mass is 10.2. The summed E-state index contributed by atoms with van der Waals surface area (Å²) < 4.78 is 63.8. The van der Waals surface area contributed by atoms with Gasteiger partial charge in [0, 0.05) is 31.9 Å². The number of sulfonamides is 1. The number of hydrogen-bond acceptors (Lipinski definition) is 5. The van der Waals surface area contributed by atoms with E-state index in [4.69, 9.17) is 0 Å². The molecular weight excluding hydrogens is 391 g/mol. The van der Waals surface area contributed by atoms with Gasteiger partial charge in [0.05, 0.1) is 15.5 Å². The Kier molecular flexibility index (Phi) is 5.55. The number of sulfone groups is 1. The molecule has 0 N–H and O–H groups in total. The van der Waals surface area contributed by atoms with Crippen molar-refractivity contribution in [1.82, 2.24) is 4.31 Å². The Hall–Kier alpha value is -1.97. The minimum atomic E-state index is -3.73. The van der Waals surface area contributed by atoms with Crippen molar-refractivity contribution in [1.29, 1.82) is 0 Å². The summed E-state index contributed by atoms with van der Waals surface area (Å²) in [5.41, 5.74) is 0.841. The summed E-state index contributed by atoms with van der Waals surface area (Å²) in [5, 5.41) is 0. The molecule has 27 heavy (non-hydrogen) atoms. The summed E-state index contributed by atoms with van der Waals surface area (Å²) in [4.78, 5) is 2.23. The lowest BCUT2D eigenvalue weighted by molar-refractivity contribution is 0.384. The summed E-state index contributed by atoms with van der Waals surface area (Å²) in [7, 11) is -6.98. The molecule has 0 saturated carbocycles. The van der Waals surface area contributed by atoms with Gasteiger partial charge >= 0.3 is 0 Å². The smallest absolute Gasteiger partial charge is 0.243 e. The van der Waals surface area contributed by atoms with E-state index in [-0.39, 0.29) is 28.6 Å². The second-order valence-electron chi connectivity index (χ2n) is 6.25. The van der Waals surface area contributed by atoms with Gasteiger partial charge in [-0.15, -0.1) is 0 Å². The molecule has 0 atom stereocenters. The minimum Gasteiger partial charge on any atom is -0.369 e. The van der Waals surface area contributed by atoms with E-state index in [0.29, 0.717) is 13.1 Å². The number of halogens is 1. The fourth-order valence-electron chi connectivity index (χ4n) is 2.99. The molecule has 0 aromatic heterocycles. The third-order valence-corrected chi connectivity index (χ3v) is 8.26. The van der Waals surface area contributed by atoms with E-state index < -0.39 is 25.7 Å². The average Bonchev–Trinajstić information content (AvgIpc) is 2.68. The van der Waals surface area contributed by atoms with Gasteiger partial charge in [-0.1, -0.05) is 13.0 Å². The van der Waals surface area contributed by atoms with Crippen LogP contribution in [0, 0.1) is 5.82 Å². The van der Waals surface area contributed by atoms with Crippen molar-refractivity contribution in [2.75, 3.05) is 36.8 Å². The van der Waals surface area contributed by atoms with E-state index in [0.717, 1.165) is 11.8 Å². The molecule has 3 rings (SSSR count). The van der Waals surface area contributed by atoms with Crippen LogP contribution in [0.1, 0.15) is 6.92 Å². The summed E-state index contributed by atoms with van der Waals surface area (Å²) >= 11 is 0. The summed E-state index contributed by atoms with van der Waals surface area (Å²) in [6.07, 6.45) is 0. The van der Waals surface area contributed by atoms with Crippen LogP contribution in [0.5, 0.6) is 0 Å². The molecule has 2 aromatic rings. The number of benzene rings is 2. The first-order valence-electron chi connectivity index (χ1n) is 8.57. The van der Waals surface area contributed by atoms with Gasteiger partial charge < -0.3 is 4.90 Å². The third-order valence-electron chi connectivity index (χ3n) is 4.61. The Morgan fingerprint density at radius 1 is 0.889 bits per heavy atom. The molecule has 1 heterocycles. The second-order valence-corrected chi connectivity index (χ2v) is 10.5. The SMILES string of the molecule is CCS(=O)(=O)c1ccc(N2CCN(S(=O)(=O)c3cccc(F)c3)CC2)cc1. The molecule has 6 nitrogen and oxygen atoms in total. The minimum absolute atomic E-state index is 0.0446. The van der Waals surface area contributed by atoms with Gasteiger partial charge in [-0.3, -0.25) is 0 Å². The maximum Gasteiger partial charge on any atom is 0.243 e. The zero-order valence-electron chi connectivity index (χ0n) is 14.9. The molecule has 0 radical (unpaired) electrons. The van der Waals surface area contributed by atoms with Crippen LogP contribution in [0.15, 0.2) is 58.3 Å². The molecule has 0 bridgehead atoms. The molecule has 0 aliphatic carbocycles. The topological polar surface area (TPSA) is 74.8 Å². The van der Waals surface area contributed by atoms with Gasteiger partial charge in [0.1, 0.15) is 5.82 Å². The van der Waals surface area contributed by atoms with Gasteiger partial charge in [0.2, 0.25) is 10.0 Å². The normalized spacial score (nSPS) is 16.4. The highest BCUT2D eigenvalue weighted by Gasteiger charge is 2.29. The van der Waals surface area contributed by atoms with Crippen LogP contribution >= 0.6 is 0 Å². The van der Waals surface area contributed by atoms with Crippen LogP contribution in [0.4, 0.5) is 10.1 Å². The van der Waals surface area contributed by atoms with Crippen LogP contribution in [-0.4, -0.2) is 53.1 Å². The number of hydrogen-bond donors (Lipinski definition) is 0. The molecule has 1 aliphatic rings. The summed E-state index contributed by atoms with van der Waals surface area (Å²) in [6, 6.07) is 11.6. The summed E-state index contributed by atoms with van der Waals surface area (Å²) in [6.45, 7) is 3.08. The molecule has 2 aromatic carbocycles. The van der Waals surface area contributed by atoms with Gasteiger partial charge in [-0.25, -0.2) is 21.2 Å². The van der Waals surface area contributed by atoms with Crippen molar-refractivity contribution in [2.24, 2.45) is 0 Å². The first-order valence-corrected chi connectivity index (χ1v) is 11.7. The van der Waals surface area contributed by atoms with Crippen LogP contribution < -0.4 is 4.90 Å². The van der Waals surface area contributed by atoms with E-state index in [2.05, 4.69) is 0 Å². The van der Waals surface area contributed by atoms with E-state index in [1.807, 2.05) is 4.90 Å². The maximum absolute atomic E-state index is 13.4. The quantitative estimate of drug-likeness (QED) is 0.752. The predicted octanol–water partition coefficient (Wildman–Crippen LogP) is 2.13. The monoisotopic (exact) mass is 412 g/mol. The van der Waals surface area contributed by atoms with Crippen molar-refractivity contribution in [3.63, 3.8) is 0 Å². The Bertz CT molecular complexity index is 1010. The van der Waals surface area contributed by atoms with Gasteiger partial charge in [-0.05, 0) is 42.5 Å². The number of anilines is 1. The van der Waals surface area contributed by atoms with Crippen molar-refractivity contribution in [3.8, 4) is 0 Å². The standard InChI is InChI=1S/C18H21FN2O4S2/c1-2-26(22,23)17-8-6-16(7-9-17)20-10-12-21(13-11-20)27(24,25)18-5-3-4-15(19)14-18/h3-9,14H,2,10-13H2,1H3. The highest BCUT2D eigenvalue weighted by atomic mass is 32.2. The predicted molar refractivity (Wildman–Crippen MR) is 102 cm³/mol. The molecule has 1 fully saturated rings.